The van der Waals surface area contributed by atoms with E-state index in [4.69, 9.17) is 10.2 Å². The Morgan fingerprint density at radius 3 is 3.11 bits per heavy atom. The van der Waals surface area contributed by atoms with E-state index in [1.165, 1.54) is 0 Å². The third kappa shape index (κ3) is 2.91. The van der Waals surface area contributed by atoms with Crippen molar-refractivity contribution in [1.82, 2.24) is 10.2 Å². The fourth-order valence-electron chi connectivity index (χ4n) is 2.45. The molecule has 5 heteroatoms. The topological polar surface area (TPSA) is 71.5 Å². The largest absolute Gasteiger partial charge is 0.468 e. The van der Waals surface area contributed by atoms with Gasteiger partial charge in [0, 0.05) is 12.6 Å². The molecule has 1 aliphatic rings. The van der Waals surface area contributed by atoms with E-state index < -0.39 is 0 Å². The Hall–Kier alpha value is -1.33. The zero-order valence-electron chi connectivity index (χ0n) is 10.8. The quantitative estimate of drug-likeness (QED) is 0.826. The summed E-state index contributed by atoms with van der Waals surface area (Å²) in [4.78, 5) is 14.2. The van der Waals surface area contributed by atoms with Gasteiger partial charge in [-0.05, 0) is 38.4 Å². The second kappa shape index (κ2) is 6.02. The van der Waals surface area contributed by atoms with Gasteiger partial charge in [-0.1, -0.05) is 0 Å². The fourth-order valence-corrected chi connectivity index (χ4v) is 2.45. The van der Waals surface area contributed by atoms with Crippen LogP contribution in [0.4, 0.5) is 0 Å². The van der Waals surface area contributed by atoms with Gasteiger partial charge in [0.1, 0.15) is 5.76 Å². The molecule has 5 nitrogen and oxygen atoms in total. The monoisotopic (exact) mass is 251 g/mol. The molecule has 100 valence electrons. The summed E-state index contributed by atoms with van der Waals surface area (Å²) in [6.45, 7) is 4.05. The summed E-state index contributed by atoms with van der Waals surface area (Å²) < 4.78 is 5.38. The number of hydrogen-bond acceptors (Lipinski definition) is 4. The Balaban J connectivity index is 2.15. The van der Waals surface area contributed by atoms with Crippen molar-refractivity contribution < 1.29 is 9.21 Å². The van der Waals surface area contributed by atoms with Crippen LogP contribution in [0, 0.1) is 0 Å². The first-order chi connectivity index (χ1) is 8.72. The summed E-state index contributed by atoms with van der Waals surface area (Å²) in [6.07, 6.45) is 3.29. The molecule has 0 aromatic carbocycles. The molecule has 0 radical (unpaired) electrons. The molecule has 3 N–H and O–H groups in total. The normalized spacial score (nSPS) is 25.8. The number of rotatable bonds is 4. The number of nitrogens with zero attached hydrogens (tertiary/aromatic N) is 1. The van der Waals surface area contributed by atoms with Crippen LogP contribution in [0.25, 0.3) is 0 Å². The molecule has 2 heterocycles. The first-order valence-electron chi connectivity index (χ1n) is 6.48. The SMILES string of the molecule is CC1CCNC(=O)C(CCN)N1Cc1ccco1. The van der Waals surface area contributed by atoms with Gasteiger partial charge in [-0.2, -0.15) is 0 Å². The lowest BCUT2D eigenvalue weighted by molar-refractivity contribution is -0.126. The molecule has 1 aliphatic heterocycles. The Kier molecular flexibility index (Phi) is 4.38. The highest BCUT2D eigenvalue weighted by Crippen LogP contribution is 2.19. The number of hydrogen-bond donors (Lipinski definition) is 2. The van der Waals surface area contributed by atoms with E-state index in [0.717, 1.165) is 18.7 Å². The summed E-state index contributed by atoms with van der Waals surface area (Å²) in [6, 6.07) is 3.99. The van der Waals surface area contributed by atoms with Crippen molar-refractivity contribution in [1.29, 1.82) is 0 Å². The molecule has 2 unspecified atom stereocenters. The molecular weight excluding hydrogens is 230 g/mol. The molecule has 0 aliphatic carbocycles. The lowest BCUT2D eigenvalue weighted by atomic mass is 10.1. The molecule has 1 fully saturated rings. The number of carbonyl (C=O) groups is 1. The van der Waals surface area contributed by atoms with Gasteiger partial charge in [0.2, 0.25) is 5.91 Å². The second-order valence-electron chi connectivity index (χ2n) is 4.77. The fraction of sp³-hybridized carbons (Fsp3) is 0.615. The maximum Gasteiger partial charge on any atom is 0.237 e. The minimum atomic E-state index is -0.155. The van der Waals surface area contributed by atoms with Crippen LogP contribution in [0.2, 0.25) is 0 Å². The number of carbonyl (C=O) groups excluding carboxylic acids is 1. The lowest BCUT2D eigenvalue weighted by Crippen LogP contribution is -2.47. The van der Waals surface area contributed by atoms with Gasteiger partial charge in [-0.3, -0.25) is 9.69 Å². The molecule has 0 saturated carbocycles. The summed E-state index contributed by atoms with van der Waals surface area (Å²) in [5.74, 6) is 0.968. The molecule has 0 spiro atoms. The summed E-state index contributed by atoms with van der Waals surface area (Å²) >= 11 is 0. The van der Waals surface area contributed by atoms with Gasteiger partial charge in [0.15, 0.2) is 0 Å². The van der Waals surface area contributed by atoms with Crippen LogP contribution in [-0.4, -0.2) is 36.0 Å². The molecule has 1 amide bonds. The number of furan rings is 1. The van der Waals surface area contributed by atoms with Gasteiger partial charge < -0.3 is 15.5 Å². The van der Waals surface area contributed by atoms with Crippen LogP contribution in [0.3, 0.4) is 0 Å². The van der Waals surface area contributed by atoms with Crippen molar-refractivity contribution in [2.75, 3.05) is 13.1 Å². The average Bonchev–Trinajstić information content (AvgIpc) is 2.81. The minimum Gasteiger partial charge on any atom is -0.468 e. The van der Waals surface area contributed by atoms with Gasteiger partial charge in [-0.15, -0.1) is 0 Å². The Labute approximate surface area is 107 Å². The molecular formula is C13H21N3O2. The van der Waals surface area contributed by atoms with Crippen LogP contribution < -0.4 is 11.1 Å². The number of amides is 1. The van der Waals surface area contributed by atoms with Crippen molar-refractivity contribution in [3.05, 3.63) is 24.2 Å². The maximum atomic E-state index is 12.0. The van der Waals surface area contributed by atoms with Crippen molar-refractivity contribution >= 4 is 5.91 Å². The Morgan fingerprint density at radius 2 is 2.44 bits per heavy atom. The van der Waals surface area contributed by atoms with E-state index in [1.54, 1.807) is 6.26 Å². The summed E-state index contributed by atoms with van der Waals surface area (Å²) in [5.41, 5.74) is 5.62. The molecule has 18 heavy (non-hydrogen) atoms. The van der Waals surface area contributed by atoms with Gasteiger partial charge in [0.25, 0.3) is 0 Å². The molecule has 1 saturated heterocycles. The van der Waals surface area contributed by atoms with E-state index >= 15 is 0 Å². The van der Waals surface area contributed by atoms with Gasteiger partial charge >= 0.3 is 0 Å². The van der Waals surface area contributed by atoms with Crippen LogP contribution in [0.15, 0.2) is 22.8 Å². The summed E-state index contributed by atoms with van der Waals surface area (Å²) in [7, 11) is 0. The average molecular weight is 251 g/mol. The van der Waals surface area contributed by atoms with Crippen molar-refractivity contribution in [2.24, 2.45) is 5.73 Å². The Bertz CT molecular complexity index is 378. The standard InChI is InChI=1S/C13H21N3O2/c1-10-5-7-15-13(17)12(4-6-14)16(10)9-11-3-2-8-18-11/h2-3,8,10,12H,4-7,9,14H2,1H3,(H,15,17). The number of nitrogens with two attached hydrogens (primary N) is 1. The third-order valence-electron chi connectivity index (χ3n) is 3.49. The lowest BCUT2D eigenvalue weighted by Gasteiger charge is -2.32. The van der Waals surface area contributed by atoms with E-state index in [1.807, 2.05) is 12.1 Å². The predicted molar refractivity (Wildman–Crippen MR) is 68.8 cm³/mol. The van der Waals surface area contributed by atoms with Crippen LogP contribution >= 0.6 is 0 Å². The third-order valence-corrected chi connectivity index (χ3v) is 3.49. The molecule has 2 atom stereocenters. The van der Waals surface area contributed by atoms with Crippen molar-refractivity contribution in [2.45, 2.75) is 38.4 Å². The van der Waals surface area contributed by atoms with E-state index in [9.17, 15) is 4.79 Å². The van der Waals surface area contributed by atoms with Crippen molar-refractivity contribution in [3.8, 4) is 0 Å². The van der Waals surface area contributed by atoms with Crippen molar-refractivity contribution in [3.63, 3.8) is 0 Å². The first-order valence-corrected chi connectivity index (χ1v) is 6.48. The van der Waals surface area contributed by atoms with Crippen LogP contribution in [0.5, 0.6) is 0 Å². The zero-order chi connectivity index (χ0) is 13.0. The van der Waals surface area contributed by atoms with Gasteiger partial charge in [0.05, 0.1) is 18.8 Å². The van der Waals surface area contributed by atoms with E-state index in [0.29, 0.717) is 25.6 Å². The smallest absolute Gasteiger partial charge is 0.237 e. The number of nitrogens with one attached hydrogen (secondary N) is 1. The maximum absolute atomic E-state index is 12.0. The highest BCUT2D eigenvalue weighted by Gasteiger charge is 2.31. The zero-order valence-corrected chi connectivity index (χ0v) is 10.8. The molecule has 2 rings (SSSR count). The predicted octanol–water partition coefficient (Wildman–Crippen LogP) is 0.707. The molecule has 0 bridgehead atoms. The highest BCUT2D eigenvalue weighted by molar-refractivity contribution is 5.82. The molecule has 1 aromatic rings. The van der Waals surface area contributed by atoms with Crippen LogP contribution in [-0.2, 0) is 11.3 Å². The first kappa shape index (κ1) is 13.1. The van der Waals surface area contributed by atoms with Gasteiger partial charge in [-0.25, -0.2) is 0 Å². The highest BCUT2D eigenvalue weighted by atomic mass is 16.3. The Morgan fingerprint density at radius 1 is 1.61 bits per heavy atom. The minimum absolute atomic E-state index is 0.0800. The second-order valence-corrected chi connectivity index (χ2v) is 4.77. The van der Waals surface area contributed by atoms with E-state index in [2.05, 4.69) is 17.1 Å². The molecule has 1 aromatic heterocycles. The van der Waals surface area contributed by atoms with Crippen LogP contribution in [0.1, 0.15) is 25.5 Å². The summed E-state index contributed by atoms with van der Waals surface area (Å²) in [5, 5.41) is 2.95. The van der Waals surface area contributed by atoms with E-state index in [-0.39, 0.29) is 11.9 Å².